The Hall–Kier alpha value is -3.15. The molecule has 1 aliphatic rings. The van der Waals surface area contributed by atoms with Gasteiger partial charge in [-0.3, -0.25) is 4.72 Å². The van der Waals surface area contributed by atoms with Gasteiger partial charge in [-0.05, 0) is 35.4 Å². The molecule has 198 valence electrons. The molecule has 3 atom stereocenters. The highest BCUT2D eigenvalue weighted by molar-refractivity contribution is 7.99. The number of ether oxygens (including phenoxy) is 2. The Labute approximate surface area is 226 Å². The lowest BCUT2D eigenvalue weighted by Gasteiger charge is -2.36. The van der Waals surface area contributed by atoms with Gasteiger partial charge in [0.1, 0.15) is 0 Å². The van der Waals surface area contributed by atoms with Gasteiger partial charge >= 0.3 is 0 Å². The van der Waals surface area contributed by atoms with Crippen LogP contribution in [0.25, 0.3) is 0 Å². The Morgan fingerprint density at radius 3 is 2.53 bits per heavy atom. The molecule has 1 aromatic heterocycles. The van der Waals surface area contributed by atoms with Crippen LogP contribution in [0.2, 0.25) is 0 Å². The number of aliphatic hydroxyl groups is 1. The molecule has 4 aromatic rings. The second-order valence-corrected chi connectivity index (χ2v) is 11.7. The van der Waals surface area contributed by atoms with Crippen LogP contribution in [-0.2, 0) is 33.2 Å². The summed E-state index contributed by atoms with van der Waals surface area (Å²) < 4.78 is 43.1. The molecule has 0 radical (unpaired) electrons. The van der Waals surface area contributed by atoms with E-state index in [1.165, 1.54) is 0 Å². The van der Waals surface area contributed by atoms with Gasteiger partial charge in [0.2, 0.25) is 0 Å². The Morgan fingerprint density at radius 1 is 1.03 bits per heavy atom. The molecule has 1 aliphatic heterocycles. The maximum Gasteiger partial charge on any atom is 0.261 e. The highest BCUT2D eigenvalue weighted by Crippen LogP contribution is 2.39. The van der Waals surface area contributed by atoms with Gasteiger partial charge in [0.25, 0.3) is 10.0 Å². The van der Waals surface area contributed by atoms with Gasteiger partial charge in [-0.2, -0.15) is 0 Å². The Kier molecular flexibility index (Phi) is 8.15. The monoisotopic (exact) mass is 551 g/mol. The number of nitrogens with zero attached hydrogens (tertiary/aromatic N) is 2. The number of thioether (sulfide) groups is 1. The van der Waals surface area contributed by atoms with E-state index in [9.17, 15) is 13.5 Å². The first-order chi connectivity index (χ1) is 18.4. The highest BCUT2D eigenvalue weighted by atomic mass is 32.2. The molecule has 0 aliphatic carbocycles. The van der Waals surface area contributed by atoms with Gasteiger partial charge in [-0.15, -0.1) is 0 Å². The predicted molar refractivity (Wildman–Crippen MR) is 146 cm³/mol. The van der Waals surface area contributed by atoms with Crippen molar-refractivity contribution >= 4 is 27.5 Å². The first kappa shape index (κ1) is 26.5. The molecule has 38 heavy (non-hydrogen) atoms. The van der Waals surface area contributed by atoms with Crippen molar-refractivity contribution in [3.63, 3.8) is 0 Å². The molecular weight excluding hydrogens is 522 g/mol. The number of rotatable bonds is 9. The van der Waals surface area contributed by atoms with Crippen molar-refractivity contribution in [3.05, 3.63) is 108 Å². The van der Waals surface area contributed by atoms with Gasteiger partial charge in [0.15, 0.2) is 11.4 Å². The number of aromatic nitrogens is 2. The van der Waals surface area contributed by atoms with E-state index in [4.69, 9.17) is 9.47 Å². The molecular formula is C28H29N3O5S2. The topological polar surface area (TPSA) is 103 Å². The number of hydrogen-bond donors (Lipinski definition) is 2. The number of benzene rings is 3. The minimum atomic E-state index is -3.73. The average Bonchev–Trinajstić information content (AvgIpc) is 3.36. The molecule has 0 saturated carbocycles. The van der Waals surface area contributed by atoms with Crippen LogP contribution in [0.3, 0.4) is 0 Å². The maximum atomic E-state index is 12.9. The maximum absolute atomic E-state index is 12.9. The molecule has 0 bridgehead atoms. The van der Waals surface area contributed by atoms with Crippen molar-refractivity contribution in [1.29, 1.82) is 0 Å². The van der Waals surface area contributed by atoms with Crippen molar-refractivity contribution in [3.8, 4) is 0 Å². The number of aliphatic hydroxyl groups excluding tert-OH is 1. The number of imidazole rings is 1. The fourth-order valence-electron chi connectivity index (χ4n) is 4.24. The van der Waals surface area contributed by atoms with Crippen molar-refractivity contribution in [2.24, 2.45) is 7.05 Å². The molecule has 2 N–H and O–H groups in total. The van der Waals surface area contributed by atoms with Gasteiger partial charge in [-0.1, -0.05) is 66.4 Å². The van der Waals surface area contributed by atoms with Crippen molar-refractivity contribution in [1.82, 2.24) is 9.55 Å². The normalized spacial score (nSPS) is 19.8. The summed E-state index contributed by atoms with van der Waals surface area (Å²) in [6, 6.07) is 23.0. The quantitative estimate of drug-likeness (QED) is 0.281. The fourth-order valence-corrected chi connectivity index (χ4v) is 6.26. The number of anilines is 1. The van der Waals surface area contributed by atoms with Gasteiger partial charge in [0, 0.05) is 42.9 Å². The zero-order valence-corrected chi connectivity index (χ0v) is 22.4. The standard InChI is InChI=1S/C28H29N3O5S2/c1-31-15-14-29-28(31)37-19-24-17-26(21-12-10-20(18-32)11-13-21)36-27(35-24)22-6-5-7-23(16-22)30-38(33,34)25-8-3-2-4-9-25/h2-16,24,26-27,30,32H,17-19H2,1H3. The second-order valence-electron chi connectivity index (χ2n) is 9.03. The summed E-state index contributed by atoms with van der Waals surface area (Å²) in [7, 11) is -1.78. The molecule has 8 nitrogen and oxygen atoms in total. The van der Waals surface area contributed by atoms with Crippen LogP contribution in [0.1, 0.15) is 35.5 Å². The molecule has 1 fully saturated rings. The number of sulfonamides is 1. The summed E-state index contributed by atoms with van der Waals surface area (Å²) in [4.78, 5) is 4.58. The summed E-state index contributed by atoms with van der Waals surface area (Å²) in [5.41, 5.74) is 2.95. The summed E-state index contributed by atoms with van der Waals surface area (Å²) in [6.07, 6.45) is 3.25. The predicted octanol–water partition coefficient (Wildman–Crippen LogP) is 5.05. The molecule has 1 saturated heterocycles. The highest BCUT2D eigenvalue weighted by Gasteiger charge is 2.32. The van der Waals surface area contributed by atoms with Gasteiger partial charge in [-0.25, -0.2) is 13.4 Å². The second kappa shape index (κ2) is 11.7. The lowest BCUT2D eigenvalue weighted by atomic mass is 10.0. The van der Waals surface area contributed by atoms with Crippen LogP contribution in [0.15, 0.2) is 101 Å². The number of nitrogens with one attached hydrogen (secondary N) is 1. The first-order valence-electron chi connectivity index (χ1n) is 12.2. The van der Waals surface area contributed by atoms with E-state index in [1.807, 2.05) is 48.1 Å². The summed E-state index contributed by atoms with van der Waals surface area (Å²) in [6.45, 7) is -0.0217. The fraction of sp³-hybridized carbons (Fsp3) is 0.250. The third-order valence-electron chi connectivity index (χ3n) is 6.25. The Morgan fingerprint density at radius 2 is 1.82 bits per heavy atom. The van der Waals surface area contributed by atoms with Crippen molar-refractivity contribution in [2.75, 3.05) is 10.5 Å². The first-order valence-corrected chi connectivity index (χ1v) is 14.7. The minimum absolute atomic E-state index is 0.0217. The minimum Gasteiger partial charge on any atom is -0.392 e. The summed E-state index contributed by atoms with van der Waals surface area (Å²) in [5.74, 6) is 0.677. The Bertz CT molecular complexity index is 1460. The van der Waals surface area contributed by atoms with Gasteiger partial charge in [0.05, 0.1) is 23.7 Å². The molecule has 3 aromatic carbocycles. The largest absolute Gasteiger partial charge is 0.392 e. The van der Waals surface area contributed by atoms with E-state index in [0.717, 1.165) is 16.3 Å². The summed E-state index contributed by atoms with van der Waals surface area (Å²) >= 11 is 1.62. The zero-order valence-electron chi connectivity index (χ0n) is 20.8. The van der Waals surface area contributed by atoms with E-state index in [-0.39, 0.29) is 23.7 Å². The van der Waals surface area contributed by atoms with E-state index >= 15 is 0 Å². The van der Waals surface area contributed by atoms with E-state index in [2.05, 4.69) is 9.71 Å². The third-order valence-corrected chi connectivity index (χ3v) is 8.84. The summed E-state index contributed by atoms with van der Waals surface area (Å²) in [5, 5.41) is 10.3. The lowest BCUT2D eigenvalue weighted by molar-refractivity contribution is -0.245. The molecule has 3 unspecified atom stereocenters. The zero-order chi connectivity index (χ0) is 26.5. The van der Waals surface area contributed by atoms with E-state index < -0.39 is 16.3 Å². The molecule has 10 heteroatoms. The molecule has 0 amide bonds. The van der Waals surface area contributed by atoms with Crippen LogP contribution in [0.4, 0.5) is 5.69 Å². The molecule has 0 spiro atoms. The molecule has 5 rings (SSSR count). The van der Waals surface area contributed by atoms with E-state index in [1.54, 1.807) is 66.5 Å². The SMILES string of the molecule is Cn1ccnc1SCC1CC(c2ccc(CO)cc2)OC(c2cccc(NS(=O)(=O)c3ccccc3)c2)O1. The van der Waals surface area contributed by atoms with E-state index in [0.29, 0.717) is 23.4 Å². The van der Waals surface area contributed by atoms with Gasteiger partial charge < -0.3 is 19.1 Å². The smallest absolute Gasteiger partial charge is 0.261 e. The van der Waals surface area contributed by atoms with Crippen LogP contribution in [0, 0.1) is 0 Å². The van der Waals surface area contributed by atoms with Crippen LogP contribution in [0.5, 0.6) is 0 Å². The third kappa shape index (κ3) is 6.28. The lowest BCUT2D eigenvalue weighted by Crippen LogP contribution is -2.31. The molecule has 2 heterocycles. The van der Waals surface area contributed by atoms with Crippen molar-refractivity contribution < 1.29 is 23.0 Å². The Balaban J connectivity index is 1.38. The van der Waals surface area contributed by atoms with Crippen LogP contribution < -0.4 is 4.72 Å². The number of hydrogen-bond acceptors (Lipinski definition) is 7. The average molecular weight is 552 g/mol. The number of aryl methyl sites for hydroxylation is 1. The van der Waals surface area contributed by atoms with Crippen LogP contribution >= 0.6 is 11.8 Å². The van der Waals surface area contributed by atoms with Crippen LogP contribution in [-0.4, -0.2) is 34.9 Å². The van der Waals surface area contributed by atoms with Crippen molar-refractivity contribution in [2.45, 2.75) is 41.6 Å².